The van der Waals surface area contributed by atoms with E-state index in [1.807, 2.05) is 18.2 Å². The number of benzene rings is 1. The van der Waals surface area contributed by atoms with Gasteiger partial charge in [0.05, 0.1) is 19.8 Å². The largest absolute Gasteiger partial charge is 0.468 e. The van der Waals surface area contributed by atoms with Crippen LogP contribution in [0.25, 0.3) is 6.08 Å². The lowest BCUT2D eigenvalue weighted by Crippen LogP contribution is -2.19. The van der Waals surface area contributed by atoms with Crippen LogP contribution in [0.2, 0.25) is 0 Å². The molecular weight excluding hydrogens is 268 g/mol. The molecule has 1 aromatic carbocycles. The van der Waals surface area contributed by atoms with Crippen molar-refractivity contribution in [2.24, 2.45) is 5.92 Å². The molecule has 0 spiro atoms. The molecular formula is C17H20O4. The van der Waals surface area contributed by atoms with Gasteiger partial charge in [-0.1, -0.05) is 32.0 Å². The third-order valence-electron chi connectivity index (χ3n) is 3.64. The minimum atomic E-state index is -0.690. The van der Waals surface area contributed by atoms with Crippen LogP contribution in [0.4, 0.5) is 0 Å². The van der Waals surface area contributed by atoms with E-state index < -0.39 is 17.9 Å². The summed E-state index contributed by atoms with van der Waals surface area (Å²) in [7, 11) is 2.64. The molecule has 0 aromatic heterocycles. The van der Waals surface area contributed by atoms with E-state index in [2.05, 4.69) is 13.8 Å². The molecule has 4 heteroatoms. The van der Waals surface area contributed by atoms with E-state index in [0.717, 1.165) is 23.1 Å². The number of hydrogen-bond donors (Lipinski definition) is 0. The minimum Gasteiger partial charge on any atom is -0.468 e. The Labute approximate surface area is 124 Å². The molecule has 0 aliphatic heterocycles. The van der Waals surface area contributed by atoms with Crippen molar-refractivity contribution >= 4 is 18.0 Å². The summed E-state index contributed by atoms with van der Waals surface area (Å²) < 4.78 is 9.65. The normalized spacial score (nSPS) is 16.4. The molecule has 0 heterocycles. The zero-order chi connectivity index (χ0) is 15.6. The predicted molar refractivity (Wildman–Crippen MR) is 79.7 cm³/mol. The molecule has 1 aliphatic carbocycles. The fourth-order valence-corrected chi connectivity index (χ4v) is 2.75. The van der Waals surface area contributed by atoms with Gasteiger partial charge in [-0.05, 0) is 35.1 Å². The van der Waals surface area contributed by atoms with Gasteiger partial charge >= 0.3 is 11.9 Å². The second kappa shape index (κ2) is 6.12. The smallest absolute Gasteiger partial charge is 0.334 e. The molecule has 1 atom stereocenters. The van der Waals surface area contributed by atoms with Crippen LogP contribution < -0.4 is 0 Å². The zero-order valence-electron chi connectivity index (χ0n) is 12.8. The number of esters is 2. The van der Waals surface area contributed by atoms with Crippen LogP contribution in [-0.2, 0) is 25.5 Å². The summed E-state index contributed by atoms with van der Waals surface area (Å²) in [6.45, 7) is 4.27. The lowest BCUT2D eigenvalue weighted by atomic mass is 9.92. The quantitative estimate of drug-likeness (QED) is 0.799. The fourth-order valence-electron chi connectivity index (χ4n) is 2.75. The molecule has 4 nitrogen and oxygen atoms in total. The van der Waals surface area contributed by atoms with Crippen molar-refractivity contribution in [2.45, 2.75) is 26.2 Å². The number of rotatable bonds is 4. The summed E-state index contributed by atoms with van der Waals surface area (Å²) in [4.78, 5) is 24.0. The molecule has 0 radical (unpaired) electrons. The highest BCUT2D eigenvalue weighted by atomic mass is 16.5. The number of carbonyl (C=O) groups excluding carboxylic acids is 2. The molecule has 1 unspecified atom stereocenters. The first-order chi connectivity index (χ1) is 9.99. The lowest BCUT2D eigenvalue weighted by molar-refractivity contribution is -0.144. The maximum Gasteiger partial charge on any atom is 0.334 e. The van der Waals surface area contributed by atoms with Crippen LogP contribution in [0.1, 0.15) is 36.5 Å². The number of carbonyl (C=O) groups is 2. The summed E-state index contributed by atoms with van der Waals surface area (Å²) in [6, 6.07) is 5.82. The summed E-state index contributed by atoms with van der Waals surface area (Å²) >= 11 is 0. The van der Waals surface area contributed by atoms with Crippen molar-refractivity contribution in [3.05, 3.63) is 40.5 Å². The van der Waals surface area contributed by atoms with Gasteiger partial charge in [-0.25, -0.2) is 4.79 Å². The van der Waals surface area contributed by atoms with Crippen LogP contribution in [0, 0.1) is 5.92 Å². The highest BCUT2D eigenvalue weighted by Crippen LogP contribution is 2.39. The van der Waals surface area contributed by atoms with E-state index in [1.54, 1.807) is 6.08 Å². The van der Waals surface area contributed by atoms with Gasteiger partial charge in [-0.2, -0.15) is 0 Å². The van der Waals surface area contributed by atoms with Gasteiger partial charge in [0, 0.05) is 0 Å². The molecule has 0 N–H and O–H groups in total. The van der Waals surface area contributed by atoms with Crippen LogP contribution in [-0.4, -0.2) is 26.2 Å². The first kappa shape index (κ1) is 15.3. The Morgan fingerprint density at radius 3 is 2.48 bits per heavy atom. The molecule has 2 rings (SSSR count). The van der Waals surface area contributed by atoms with Crippen LogP contribution in [0.5, 0.6) is 0 Å². The van der Waals surface area contributed by atoms with Crippen LogP contribution in [0.3, 0.4) is 0 Å². The zero-order valence-corrected chi connectivity index (χ0v) is 12.8. The Kier molecular flexibility index (Phi) is 4.46. The summed E-state index contributed by atoms with van der Waals surface area (Å²) in [5.41, 5.74) is 3.24. The summed E-state index contributed by atoms with van der Waals surface area (Å²) in [5, 5.41) is 0. The molecule has 0 bridgehead atoms. The van der Waals surface area contributed by atoms with Crippen LogP contribution in [0.15, 0.2) is 23.8 Å². The number of methoxy groups -OCH3 is 2. The van der Waals surface area contributed by atoms with Gasteiger partial charge in [0.1, 0.15) is 5.92 Å². The third-order valence-corrected chi connectivity index (χ3v) is 3.64. The summed E-state index contributed by atoms with van der Waals surface area (Å²) in [6.07, 6.45) is 2.66. The Hall–Kier alpha value is -2.10. The Balaban J connectivity index is 2.53. The molecule has 1 aliphatic rings. The van der Waals surface area contributed by atoms with Crippen molar-refractivity contribution in [3.63, 3.8) is 0 Å². The Morgan fingerprint density at radius 2 is 1.90 bits per heavy atom. The average Bonchev–Trinajstić information content (AvgIpc) is 2.85. The lowest BCUT2D eigenvalue weighted by Gasteiger charge is -2.14. The van der Waals surface area contributed by atoms with Gasteiger partial charge in [0.25, 0.3) is 0 Å². The monoisotopic (exact) mass is 288 g/mol. The van der Waals surface area contributed by atoms with Crippen molar-refractivity contribution in [3.8, 4) is 0 Å². The number of hydrogen-bond acceptors (Lipinski definition) is 4. The van der Waals surface area contributed by atoms with Crippen molar-refractivity contribution < 1.29 is 19.1 Å². The van der Waals surface area contributed by atoms with Crippen molar-refractivity contribution in [1.82, 2.24) is 0 Å². The molecule has 0 saturated heterocycles. The summed E-state index contributed by atoms with van der Waals surface area (Å²) in [5.74, 6) is -1.13. The fraction of sp³-hybridized carbons (Fsp3) is 0.412. The van der Waals surface area contributed by atoms with E-state index in [-0.39, 0.29) is 0 Å². The standard InChI is InChI=1S/C17H20O4/c1-10(2)8-11-6-5-7-12-13(11)9-14(16(18)20-3)15(12)17(19)21-4/h5-7,9-10,15H,8H2,1-4H3. The first-order valence-corrected chi connectivity index (χ1v) is 6.99. The van der Waals surface area contributed by atoms with Gasteiger partial charge in [0.2, 0.25) is 0 Å². The van der Waals surface area contributed by atoms with Crippen molar-refractivity contribution in [1.29, 1.82) is 0 Å². The highest BCUT2D eigenvalue weighted by Gasteiger charge is 2.37. The minimum absolute atomic E-state index is 0.343. The van der Waals surface area contributed by atoms with E-state index in [0.29, 0.717) is 11.5 Å². The number of ether oxygens (including phenoxy) is 2. The molecule has 0 fully saturated rings. The topological polar surface area (TPSA) is 52.6 Å². The molecule has 21 heavy (non-hydrogen) atoms. The van der Waals surface area contributed by atoms with Gasteiger partial charge < -0.3 is 9.47 Å². The molecule has 0 saturated carbocycles. The average molecular weight is 288 g/mol. The molecule has 0 amide bonds. The van der Waals surface area contributed by atoms with Gasteiger partial charge in [-0.15, -0.1) is 0 Å². The van der Waals surface area contributed by atoms with E-state index in [1.165, 1.54) is 14.2 Å². The van der Waals surface area contributed by atoms with E-state index >= 15 is 0 Å². The second-order valence-corrected chi connectivity index (χ2v) is 5.57. The first-order valence-electron chi connectivity index (χ1n) is 6.99. The molecule has 1 aromatic rings. The van der Waals surface area contributed by atoms with Crippen LogP contribution >= 0.6 is 0 Å². The Morgan fingerprint density at radius 1 is 1.19 bits per heavy atom. The van der Waals surface area contributed by atoms with Gasteiger partial charge in [-0.3, -0.25) is 4.79 Å². The van der Waals surface area contributed by atoms with Crippen molar-refractivity contribution in [2.75, 3.05) is 14.2 Å². The molecule has 112 valence electrons. The second-order valence-electron chi connectivity index (χ2n) is 5.57. The maximum atomic E-state index is 12.1. The van der Waals surface area contributed by atoms with E-state index in [4.69, 9.17) is 9.47 Å². The highest BCUT2D eigenvalue weighted by molar-refractivity contribution is 6.06. The number of fused-ring (bicyclic) bond motifs is 1. The maximum absolute atomic E-state index is 12.1. The Bertz CT molecular complexity index is 599. The predicted octanol–water partition coefficient (Wildman–Crippen LogP) is 2.71. The van der Waals surface area contributed by atoms with E-state index in [9.17, 15) is 9.59 Å². The SMILES string of the molecule is COC(=O)C1=Cc2c(CC(C)C)cccc2C1C(=O)OC. The van der Waals surface area contributed by atoms with Gasteiger partial charge in [0.15, 0.2) is 0 Å². The third kappa shape index (κ3) is 2.84.